The second-order valence-electron chi connectivity index (χ2n) is 2.46. The van der Waals surface area contributed by atoms with E-state index >= 15 is 0 Å². The molecule has 0 unspecified atom stereocenters. The molecule has 1 aliphatic rings. The van der Waals surface area contributed by atoms with E-state index in [9.17, 15) is 0 Å². The molecular formula is C8H19NO. The molecule has 10 heavy (non-hydrogen) atoms. The number of hydrogen-bond donors (Lipinski definition) is 1. The van der Waals surface area contributed by atoms with Gasteiger partial charge in [-0.15, -0.1) is 0 Å². The van der Waals surface area contributed by atoms with Gasteiger partial charge < -0.3 is 10.0 Å². The lowest BCUT2D eigenvalue weighted by Gasteiger charge is -2.08. The van der Waals surface area contributed by atoms with Crippen molar-refractivity contribution in [2.45, 2.75) is 26.7 Å². The van der Waals surface area contributed by atoms with Gasteiger partial charge >= 0.3 is 0 Å². The van der Waals surface area contributed by atoms with Gasteiger partial charge in [0.15, 0.2) is 0 Å². The molecule has 0 aromatic heterocycles. The standard InChI is InChI=1S/C6H13N.C2H6O/c1-2-7-5-3-4-6-7;1-2-3/h2-6H2,1H3;3H,2H2,1H3. The number of aliphatic hydroxyl groups is 1. The highest BCUT2D eigenvalue weighted by atomic mass is 16.2. The van der Waals surface area contributed by atoms with Gasteiger partial charge in [-0.2, -0.15) is 0 Å². The van der Waals surface area contributed by atoms with Crippen molar-refractivity contribution in [1.82, 2.24) is 4.90 Å². The molecule has 1 rings (SSSR count). The second-order valence-corrected chi connectivity index (χ2v) is 2.46. The van der Waals surface area contributed by atoms with Crippen LogP contribution in [-0.4, -0.2) is 36.2 Å². The molecule has 0 aromatic carbocycles. The number of likely N-dealkylation sites (tertiary alicyclic amines) is 1. The van der Waals surface area contributed by atoms with Gasteiger partial charge in [-0.05, 0) is 39.4 Å². The quantitative estimate of drug-likeness (QED) is 0.597. The largest absolute Gasteiger partial charge is 0.397 e. The van der Waals surface area contributed by atoms with Crippen molar-refractivity contribution in [3.05, 3.63) is 0 Å². The van der Waals surface area contributed by atoms with Gasteiger partial charge in [-0.3, -0.25) is 0 Å². The van der Waals surface area contributed by atoms with Crippen molar-refractivity contribution in [2.24, 2.45) is 0 Å². The van der Waals surface area contributed by atoms with Gasteiger partial charge in [0, 0.05) is 6.61 Å². The SMILES string of the molecule is CCN1CCCC1.CCO. The second kappa shape index (κ2) is 7.03. The predicted molar refractivity (Wildman–Crippen MR) is 44.1 cm³/mol. The average molecular weight is 145 g/mol. The van der Waals surface area contributed by atoms with Crippen LogP contribution in [0.2, 0.25) is 0 Å². The summed E-state index contributed by atoms with van der Waals surface area (Å²) in [5.74, 6) is 0. The van der Waals surface area contributed by atoms with Crippen LogP contribution in [0.5, 0.6) is 0 Å². The summed E-state index contributed by atoms with van der Waals surface area (Å²) in [6, 6.07) is 0. The first-order valence-electron chi connectivity index (χ1n) is 4.18. The van der Waals surface area contributed by atoms with Gasteiger partial charge in [0.25, 0.3) is 0 Å². The highest BCUT2D eigenvalue weighted by molar-refractivity contribution is 4.62. The van der Waals surface area contributed by atoms with Crippen molar-refractivity contribution in [2.75, 3.05) is 26.2 Å². The van der Waals surface area contributed by atoms with Crippen LogP contribution < -0.4 is 0 Å². The van der Waals surface area contributed by atoms with E-state index in [1.165, 1.54) is 32.5 Å². The summed E-state index contributed by atoms with van der Waals surface area (Å²) in [5.41, 5.74) is 0. The van der Waals surface area contributed by atoms with Crippen LogP contribution in [-0.2, 0) is 0 Å². The summed E-state index contributed by atoms with van der Waals surface area (Å²) in [7, 11) is 0. The first-order chi connectivity index (χ1) is 4.85. The molecule has 0 aromatic rings. The smallest absolute Gasteiger partial charge is 0.0402 e. The molecule has 0 spiro atoms. The lowest BCUT2D eigenvalue weighted by molar-refractivity contribution is 0.318. The molecule has 0 saturated carbocycles. The molecule has 0 atom stereocenters. The summed E-state index contributed by atoms with van der Waals surface area (Å²) in [6.07, 6.45) is 2.85. The molecule has 1 aliphatic heterocycles. The monoisotopic (exact) mass is 145 g/mol. The highest BCUT2D eigenvalue weighted by Gasteiger charge is 2.06. The van der Waals surface area contributed by atoms with E-state index in [1.54, 1.807) is 6.92 Å². The Kier molecular flexibility index (Phi) is 6.98. The van der Waals surface area contributed by atoms with Crippen molar-refractivity contribution in [3.8, 4) is 0 Å². The third kappa shape index (κ3) is 4.77. The average Bonchev–Trinajstić information content (AvgIpc) is 2.39. The molecule has 2 nitrogen and oxygen atoms in total. The van der Waals surface area contributed by atoms with E-state index < -0.39 is 0 Å². The fraction of sp³-hybridized carbons (Fsp3) is 1.00. The number of nitrogens with zero attached hydrogens (tertiary/aromatic N) is 1. The van der Waals surface area contributed by atoms with Crippen molar-refractivity contribution in [1.29, 1.82) is 0 Å². The van der Waals surface area contributed by atoms with Crippen LogP contribution in [0.15, 0.2) is 0 Å². The van der Waals surface area contributed by atoms with Crippen molar-refractivity contribution < 1.29 is 5.11 Å². The third-order valence-electron chi connectivity index (χ3n) is 1.65. The van der Waals surface area contributed by atoms with Crippen LogP contribution in [0, 0.1) is 0 Å². The lowest BCUT2D eigenvalue weighted by atomic mass is 10.4. The third-order valence-corrected chi connectivity index (χ3v) is 1.65. The summed E-state index contributed by atoms with van der Waals surface area (Å²) >= 11 is 0. The van der Waals surface area contributed by atoms with E-state index in [2.05, 4.69) is 11.8 Å². The van der Waals surface area contributed by atoms with E-state index in [0.29, 0.717) is 0 Å². The van der Waals surface area contributed by atoms with Gasteiger partial charge in [-0.25, -0.2) is 0 Å². The molecule has 0 radical (unpaired) electrons. The Morgan fingerprint density at radius 2 is 1.60 bits per heavy atom. The fourth-order valence-corrected chi connectivity index (χ4v) is 1.10. The van der Waals surface area contributed by atoms with Gasteiger partial charge in [0.1, 0.15) is 0 Å². The molecule has 0 aliphatic carbocycles. The maximum absolute atomic E-state index is 7.57. The molecule has 62 valence electrons. The summed E-state index contributed by atoms with van der Waals surface area (Å²) < 4.78 is 0. The maximum atomic E-state index is 7.57. The number of hydrogen-bond acceptors (Lipinski definition) is 2. The lowest BCUT2D eigenvalue weighted by Crippen LogP contribution is -2.17. The van der Waals surface area contributed by atoms with E-state index in [-0.39, 0.29) is 6.61 Å². The van der Waals surface area contributed by atoms with E-state index in [1.807, 2.05) is 0 Å². The zero-order valence-electron chi connectivity index (χ0n) is 7.14. The Morgan fingerprint density at radius 1 is 1.20 bits per heavy atom. The molecule has 2 heteroatoms. The number of aliphatic hydroxyl groups excluding tert-OH is 1. The maximum Gasteiger partial charge on any atom is 0.0402 e. The van der Waals surface area contributed by atoms with Crippen molar-refractivity contribution in [3.63, 3.8) is 0 Å². The molecule has 0 amide bonds. The first kappa shape index (κ1) is 9.92. The molecular weight excluding hydrogens is 126 g/mol. The Morgan fingerprint density at radius 3 is 1.80 bits per heavy atom. The van der Waals surface area contributed by atoms with E-state index in [0.717, 1.165) is 0 Å². The molecule has 1 fully saturated rings. The van der Waals surface area contributed by atoms with E-state index in [4.69, 9.17) is 5.11 Å². The minimum Gasteiger partial charge on any atom is -0.397 e. The summed E-state index contributed by atoms with van der Waals surface area (Å²) in [4.78, 5) is 2.49. The highest BCUT2D eigenvalue weighted by Crippen LogP contribution is 2.04. The Hall–Kier alpha value is -0.0800. The Labute approximate surface area is 63.8 Å². The van der Waals surface area contributed by atoms with Crippen LogP contribution in [0.3, 0.4) is 0 Å². The van der Waals surface area contributed by atoms with Gasteiger partial charge in [0.2, 0.25) is 0 Å². The predicted octanol–water partition coefficient (Wildman–Crippen LogP) is 1.10. The van der Waals surface area contributed by atoms with Gasteiger partial charge in [-0.1, -0.05) is 6.92 Å². The van der Waals surface area contributed by atoms with Crippen LogP contribution >= 0.6 is 0 Å². The topological polar surface area (TPSA) is 23.5 Å². The minimum absolute atomic E-state index is 0.250. The fourth-order valence-electron chi connectivity index (χ4n) is 1.10. The van der Waals surface area contributed by atoms with Gasteiger partial charge in [0.05, 0.1) is 0 Å². The summed E-state index contributed by atoms with van der Waals surface area (Å²) in [5, 5.41) is 7.57. The Bertz CT molecular complexity index is 60.3. The summed E-state index contributed by atoms with van der Waals surface area (Å²) in [6.45, 7) is 8.10. The number of rotatable bonds is 1. The van der Waals surface area contributed by atoms with Crippen LogP contribution in [0.4, 0.5) is 0 Å². The molecule has 0 bridgehead atoms. The first-order valence-corrected chi connectivity index (χ1v) is 4.18. The van der Waals surface area contributed by atoms with Crippen LogP contribution in [0.25, 0.3) is 0 Å². The minimum atomic E-state index is 0.250. The normalized spacial score (nSPS) is 18.3. The molecule has 1 heterocycles. The van der Waals surface area contributed by atoms with Crippen molar-refractivity contribution >= 4 is 0 Å². The van der Waals surface area contributed by atoms with Crippen LogP contribution in [0.1, 0.15) is 26.7 Å². The zero-order chi connectivity index (χ0) is 7.82. The molecule has 1 saturated heterocycles. The zero-order valence-corrected chi connectivity index (χ0v) is 7.14. The molecule has 1 N–H and O–H groups in total. The Balaban J connectivity index is 0.000000236.